The van der Waals surface area contributed by atoms with Crippen molar-refractivity contribution in [3.63, 3.8) is 0 Å². The van der Waals surface area contributed by atoms with Crippen LogP contribution >= 0.6 is 0 Å². The van der Waals surface area contributed by atoms with Gasteiger partial charge in [-0.3, -0.25) is 0 Å². The van der Waals surface area contributed by atoms with Gasteiger partial charge in [0.05, 0.1) is 18.2 Å². The van der Waals surface area contributed by atoms with Gasteiger partial charge in [-0.25, -0.2) is 4.79 Å². The molecule has 0 aromatic heterocycles. The van der Waals surface area contributed by atoms with Gasteiger partial charge in [-0.05, 0) is 56.4 Å². The van der Waals surface area contributed by atoms with Gasteiger partial charge in [0.2, 0.25) is 0 Å². The van der Waals surface area contributed by atoms with Gasteiger partial charge in [-0.2, -0.15) is 5.26 Å². The van der Waals surface area contributed by atoms with Crippen LogP contribution in [0, 0.1) is 17.2 Å². The fourth-order valence-corrected chi connectivity index (χ4v) is 3.29. The van der Waals surface area contributed by atoms with E-state index in [9.17, 15) is 4.79 Å². The van der Waals surface area contributed by atoms with Crippen LogP contribution < -0.4 is 4.74 Å². The van der Waals surface area contributed by atoms with Gasteiger partial charge >= 0.3 is 5.97 Å². The highest BCUT2D eigenvalue weighted by molar-refractivity contribution is 5.89. The zero-order valence-electron chi connectivity index (χ0n) is 15.9. The van der Waals surface area contributed by atoms with Crippen molar-refractivity contribution in [1.82, 2.24) is 0 Å². The van der Waals surface area contributed by atoms with E-state index < -0.39 is 0 Å². The normalized spacial score (nSPS) is 19.5. The van der Waals surface area contributed by atoms with Crippen molar-refractivity contribution in [2.24, 2.45) is 5.92 Å². The fraction of sp³-hybridized carbons (Fsp3) is 0.636. The average Bonchev–Trinajstić information content (AvgIpc) is 2.68. The first kappa shape index (κ1) is 20.3. The SMILES string of the molecule is CCCCCCCCOc1ccc(C(=O)O[C@H]2CC[C@H](C#N)CC2)cc1. The van der Waals surface area contributed by atoms with Gasteiger partial charge in [0.1, 0.15) is 11.9 Å². The lowest BCUT2D eigenvalue weighted by molar-refractivity contribution is 0.0187. The summed E-state index contributed by atoms with van der Waals surface area (Å²) >= 11 is 0. The molecule has 4 nitrogen and oxygen atoms in total. The number of carbonyl (C=O) groups excluding carboxylic acids is 1. The highest BCUT2D eigenvalue weighted by Crippen LogP contribution is 2.26. The molecule has 0 N–H and O–H groups in total. The summed E-state index contributed by atoms with van der Waals surface area (Å²) in [5.74, 6) is 0.630. The molecule has 4 heteroatoms. The summed E-state index contributed by atoms with van der Waals surface area (Å²) in [6, 6.07) is 9.49. The highest BCUT2D eigenvalue weighted by Gasteiger charge is 2.24. The third kappa shape index (κ3) is 7.07. The standard InChI is InChI=1S/C22H31NO3/c1-2-3-4-5-6-7-16-25-20-14-10-19(11-15-20)22(24)26-21-12-8-18(17-23)9-13-21/h10-11,14-15,18,21H,2-9,12-13,16H2,1H3/t18-,21-. The van der Waals surface area contributed by atoms with Crippen LogP contribution in [-0.4, -0.2) is 18.7 Å². The van der Waals surface area contributed by atoms with Crippen molar-refractivity contribution in [3.8, 4) is 11.8 Å². The molecule has 2 rings (SSSR count). The predicted molar refractivity (Wildman–Crippen MR) is 102 cm³/mol. The van der Waals surface area contributed by atoms with Gasteiger partial charge in [-0.1, -0.05) is 39.0 Å². The Hall–Kier alpha value is -2.02. The molecule has 1 fully saturated rings. The zero-order chi connectivity index (χ0) is 18.6. The molecule has 1 aromatic carbocycles. The Morgan fingerprint density at radius 2 is 1.69 bits per heavy atom. The Morgan fingerprint density at radius 1 is 1.04 bits per heavy atom. The third-order valence-corrected chi connectivity index (χ3v) is 4.99. The van der Waals surface area contributed by atoms with Gasteiger partial charge in [0.15, 0.2) is 0 Å². The second-order valence-corrected chi connectivity index (χ2v) is 7.15. The van der Waals surface area contributed by atoms with E-state index in [2.05, 4.69) is 13.0 Å². The number of hydrogen-bond donors (Lipinski definition) is 0. The molecule has 1 aromatic rings. The minimum atomic E-state index is -0.284. The molecule has 26 heavy (non-hydrogen) atoms. The van der Waals surface area contributed by atoms with Crippen molar-refractivity contribution in [3.05, 3.63) is 29.8 Å². The summed E-state index contributed by atoms with van der Waals surface area (Å²) in [6.07, 6.45) is 10.6. The number of carbonyl (C=O) groups is 1. The summed E-state index contributed by atoms with van der Waals surface area (Å²) in [5.41, 5.74) is 0.555. The van der Waals surface area contributed by atoms with E-state index in [4.69, 9.17) is 14.7 Å². The van der Waals surface area contributed by atoms with E-state index in [0.717, 1.165) is 44.5 Å². The molecule has 0 saturated heterocycles. The average molecular weight is 357 g/mol. The molecular formula is C22H31NO3. The highest BCUT2D eigenvalue weighted by atomic mass is 16.5. The molecule has 0 aliphatic heterocycles. The minimum Gasteiger partial charge on any atom is -0.494 e. The summed E-state index contributed by atoms with van der Waals surface area (Å²) in [4.78, 5) is 12.2. The predicted octanol–water partition coefficient (Wildman–Crippen LogP) is 5.67. The molecule has 0 spiro atoms. The number of unbranched alkanes of at least 4 members (excludes halogenated alkanes) is 5. The maximum atomic E-state index is 12.2. The smallest absolute Gasteiger partial charge is 0.338 e. The van der Waals surface area contributed by atoms with E-state index in [1.807, 2.05) is 12.1 Å². The largest absolute Gasteiger partial charge is 0.494 e. The van der Waals surface area contributed by atoms with Crippen LogP contribution in [0.1, 0.15) is 81.5 Å². The molecule has 1 saturated carbocycles. The van der Waals surface area contributed by atoms with Crippen LogP contribution in [0.15, 0.2) is 24.3 Å². The summed E-state index contributed by atoms with van der Waals surface area (Å²) in [5, 5.41) is 8.92. The first-order chi connectivity index (χ1) is 12.7. The first-order valence-corrected chi connectivity index (χ1v) is 10.1. The van der Waals surface area contributed by atoms with Gasteiger partial charge in [0.25, 0.3) is 0 Å². The fourth-order valence-electron chi connectivity index (χ4n) is 3.29. The number of hydrogen-bond acceptors (Lipinski definition) is 4. The van der Waals surface area contributed by atoms with Crippen LogP contribution in [0.5, 0.6) is 5.75 Å². The zero-order valence-corrected chi connectivity index (χ0v) is 15.9. The molecule has 0 unspecified atom stereocenters. The molecular weight excluding hydrogens is 326 g/mol. The maximum Gasteiger partial charge on any atom is 0.338 e. The van der Waals surface area contributed by atoms with Crippen LogP contribution in [0.4, 0.5) is 0 Å². The quantitative estimate of drug-likeness (QED) is 0.400. The lowest BCUT2D eigenvalue weighted by Crippen LogP contribution is -2.24. The Labute approximate surface area is 157 Å². The van der Waals surface area contributed by atoms with Crippen LogP contribution in [0.2, 0.25) is 0 Å². The molecule has 0 bridgehead atoms. The van der Waals surface area contributed by atoms with Gasteiger partial charge < -0.3 is 9.47 Å². The topological polar surface area (TPSA) is 59.3 Å². The second-order valence-electron chi connectivity index (χ2n) is 7.15. The van der Waals surface area contributed by atoms with Crippen molar-refractivity contribution in [2.75, 3.05) is 6.61 Å². The summed E-state index contributed by atoms with van der Waals surface area (Å²) in [6.45, 7) is 2.94. The number of nitrogens with zero attached hydrogens (tertiary/aromatic N) is 1. The van der Waals surface area contributed by atoms with Gasteiger partial charge in [-0.15, -0.1) is 0 Å². The van der Waals surface area contributed by atoms with E-state index in [-0.39, 0.29) is 18.0 Å². The molecule has 1 aliphatic carbocycles. The van der Waals surface area contributed by atoms with Crippen molar-refractivity contribution >= 4 is 5.97 Å². The van der Waals surface area contributed by atoms with E-state index in [0.29, 0.717) is 5.56 Å². The van der Waals surface area contributed by atoms with Crippen LogP contribution in [-0.2, 0) is 4.74 Å². The van der Waals surface area contributed by atoms with Crippen molar-refractivity contribution in [2.45, 2.75) is 77.2 Å². The van der Waals surface area contributed by atoms with Gasteiger partial charge in [0, 0.05) is 5.92 Å². The third-order valence-electron chi connectivity index (χ3n) is 4.99. The van der Waals surface area contributed by atoms with Crippen molar-refractivity contribution in [1.29, 1.82) is 5.26 Å². The summed E-state index contributed by atoms with van der Waals surface area (Å²) in [7, 11) is 0. The molecule has 0 atom stereocenters. The molecule has 142 valence electrons. The van der Waals surface area contributed by atoms with Crippen LogP contribution in [0.3, 0.4) is 0 Å². The monoisotopic (exact) mass is 357 g/mol. The lowest BCUT2D eigenvalue weighted by Gasteiger charge is -2.24. The Bertz CT molecular complexity index is 568. The molecule has 0 radical (unpaired) electrons. The van der Waals surface area contributed by atoms with E-state index in [1.165, 1.54) is 32.1 Å². The first-order valence-electron chi connectivity index (χ1n) is 10.1. The maximum absolute atomic E-state index is 12.2. The van der Waals surface area contributed by atoms with E-state index >= 15 is 0 Å². The number of nitriles is 1. The number of esters is 1. The number of benzene rings is 1. The Morgan fingerprint density at radius 3 is 2.35 bits per heavy atom. The van der Waals surface area contributed by atoms with Crippen molar-refractivity contribution < 1.29 is 14.3 Å². The van der Waals surface area contributed by atoms with E-state index in [1.54, 1.807) is 12.1 Å². The lowest BCUT2D eigenvalue weighted by atomic mass is 9.88. The molecule has 1 aliphatic rings. The summed E-state index contributed by atoms with van der Waals surface area (Å²) < 4.78 is 11.3. The Balaban J connectivity index is 1.66. The second kappa shape index (κ2) is 11.6. The Kier molecular flexibility index (Phi) is 9.03. The molecule has 0 heterocycles. The minimum absolute atomic E-state index is 0.0595. The number of rotatable bonds is 10. The molecule has 0 amide bonds. The van der Waals surface area contributed by atoms with Crippen LogP contribution in [0.25, 0.3) is 0 Å². The number of ether oxygens (including phenoxy) is 2.